The highest BCUT2D eigenvalue weighted by Gasteiger charge is 2.34. The zero-order chi connectivity index (χ0) is 10.8. The second-order valence-corrected chi connectivity index (χ2v) is 6.26. The predicted octanol–water partition coefficient (Wildman–Crippen LogP) is 0.395. The van der Waals surface area contributed by atoms with Crippen LogP contribution in [0, 0.1) is 5.92 Å². The summed E-state index contributed by atoms with van der Waals surface area (Å²) < 4.78 is 25.3. The van der Waals surface area contributed by atoms with Crippen molar-refractivity contribution in [2.24, 2.45) is 11.7 Å². The molecule has 5 heteroatoms. The van der Waals surface area contributed by atoms with Gasteiger partial charge in [0.15, 0.2) is 0 Å². The molecule has 1 aliphatic heterocycles. The molecule has 0 aliphatic carbocycles. The Kier molecular flexibility index (Phi) is 3.92. The summed E-state index contributed by atoms with van der Waals surface area (Å²) in [6.45, 7) is 5.18. The summed E-state index contributed by atoms with van der Waals surface area (Å²) in [5.74, 6) is 0.679. The molecule has 0 aromatic carbocycles. The summed E-state index contributed by atoms with van der Waals surface area (Å²) in [4.78, 5) is 0. The molecule has 2 atom stereocenters. The molecule has 2 N–H and O–H groups in total. The molecule has 0 aromatic heterocycles. The third-order valence-corrected chi connectivity index (χ3v) is 4.72. The van der Waals surface area contributed by atoms with Crippen LogP contribution >= 0.6 is 0 Å². The molecule has 0 spiro atoms. The Bertz CT molecular complexity index is 277. The van der Waals surface area contributed by atoms with Gasteiger partial charge in [-0.3, -0.25) is 0 Å². The van der Waals surface area contributed by atoms with E-state index in [2.05, 4.69) is 6.92 Å². The van der Waals surface area contributed by atoms with Gasteiger partial charge in [0.05, 0.1) is 5.75 Å². The maximum absolute atomic E-state index is 11.8. The fourth-order valence-electron chi connectivity index (χ4n) is 2.03. The smallest absolute Gasteiger partial charge is 0.214 e. The SMILES string of the molecule is CC1CC(C)N(S(=O)(=O)CCCN)C1. The molecule has 2 unspecified atom stereocenters. The Morgan fingerprint density at radius 3 is 2.50 bits per heavy atom. The van der Waals surface area contributed by atoms with E-state index in [9.17, 15) is 8.42 Å². The van der Waals surface area contributed by atoms with E-state index in [1.165, 1.54) is 0 Å². The molecule has 1 fully saturated rings. The van der Waals surface area contributed by atoms with Crippen LogP contribution in [-0.2, 0) is 10.0 Å². The van der Waals surface area contributed by atoms with Crippen molar-refractivity contribution in [3.63, 3.8) is 0 Å². The van der Waals surface area contributed by atoms with Crippen LogP contribution in [0.15, 0.2) is 0 Å². The number of sulfonamides is 1. The van der Waals surface area contributed by atoms with Gasteiger partial charge < -0.3 is 5.73 Å². The number of nitrogens with zero attached hydrogens (tertiary/aromatic N) is 1. The van der Waals surface area contributed by atoms with Crippen LogP contribution in [-0.4, -0.2) is 37.6 Å². The van der Waals surface area contributed by atoms with E-state index in [4.69, 9.17) is 5.73 Å². The first-order valence-corrected chi connectivity index (χ1v) is 6.78. The summed E-state index contributed by atoms with van der Waals surface area (Å²) in [6.07, 6.45) is 1.53. The van der Waals surface area contributed by atoms with Gasteiger partial charge in [-0.15, -0.1) is 0 Å². The van der Waals surface area contributed by atoms with Crippen LogP contribution < -0.4 is 5.73 Å². The van der Waals surface area contributed by atoms with Gasteiger partial charge in [0.1, 0.15) is 0 Å². The lowest BCUT2D eigenvalue weighted by molar-refractivity contribution is 0.405. The van der Waals surface area contributed by atoms with Crippen LogP contribution in [0.4, 0.5) is 0 Å². The van der Waals surface area contributed by atoms with Crippen molar-refractivity contribution in [1.82, 2.24) is 4.31 Å². The van der Waals surface area contributed by atoms with Crippen LogP contribution in [0.3, 0.4) is 0 Å². The van der Waals surface area contributed by atoms with E-state index in [1.54, 1.807) is 4.31 Å². The van der Waals surface area contributed by atoms with Gasteiger partial charge >= 0.3 is 0 Å². The van der Waals surface area contributed by atoms with Gasteiger partial charge in [0, 0.05) is 12.6 Å². The minimum atomic E-state index is -3.05. The topological polar surface area (TPSA) is 63.4 Å². The van der Waals surface area contributed by atoms with Crippen molar-refractivity contribution >= 4 is 10.0 Å². The lowest BCUT2D eigenvalue weighted by Gasteiger charge is -2.20. The lowest BCUT2D eigenvalue weighted by Crippen LogP contribution is -2.36. The van der Waals surface area contributed by atoms with Crippen molar-refractivity contribution < 1.29 is 8.42 Å². The molecule has 1 heterocycles. The van der Waals surface area contributed by atoms with Crippen LogP contribution in [0.1, 0.15) is 26.7 Å². The van der Waals surface area contributed by atoms with Gasteiger partial charge in [-0.1, -0.05) is 6.92 Å². The van der Waals surface area contributed by atoms with E-state index >= 15 is 0 Å². The Labute approximate surface area is 86.5 Å². The van der Waals surface area contributed by atoms with Crippen LogP contribution in [0.5, 0.6) is 0 Å². The van der Waals surface area contributed by atoms with Gasteiger partial charge in [0.2, 0.25) is 10.0 Å². The largest absolute Gasteiger partial charge is 0.330 e. The van der Waals surface area contributed by atoms with Gasteiger partial charge in [-0.25, -0.2) is 8.42 Å². The Morgan fingerprint density at radius 1 is 1.43 bits per heavy atom. The lowest BCUT2D eigenvalue weighted by atomic mass is 10.1. The number of nitrogens with two attached hydrogens (primary N) is 1. The predicted molar refractivity (Wildman–Crippen MR) is 57.4 cm³/mol. The normalized spacial score (nSPS) is 29.6. The molecule has 0 radical (unpaired) electrons. The third-order valence-electron chi connectivity index (χ3n) is 2.69. The Balaban J connectivity index is 2.63. The maximum Gasteiger partial charge on any atom is 0.214 e. The quantitative estimate of drug-likeness (QED) is 0.745. The minimum Gasteiger partial charge on any atom is -0.330 e. The minimum absolute atomic E-state index is 0.160. The summed E-state index contributed by atoms with van der Waals surface area (Å²) in [5.41, 5.74) is 5.31. The molecule has 14 heavy (non-hydrogen) atoms. The molecule has 1 rings (SSSR count). The molecule has 0 saturated carbocycles. The monoisotopic (exact) mass is 220 g/mol. The second kappa shape index (κ2) is 4.59. The molecular formula is C9H20N2O2S. The van der Waals surface area contributed by atoms with Gasteiger partial charge in [-0.05, 0) is 32.2 Å². The number of hydrogen-bond acceptors (Lipinski definition) is 3. The standard InChI is InChI=1S/C9H20N2O2S/c1-8-6-9(2)11(7-8)14(12,13)5-3-4-10/h8-9H,3-7,10H2,1-2H3. The summed E-state index contributed by atoms with van der Waals surface area (Å²) in [7, 11) is -3.05. The molecule has 1 aliphatic rings. The zero-order valence-electron chi connectivity index (χ0n) is 8.94. The first kappa shape index (κ1) is 11.9. The van der Waals surface area contributed by atoms with Crippen molar-refractivity contribution in [2.45, 2.75) is 32.7 Å². The van der Waals surface area contributed by atoms with Gasteiger partial charge in [0.25, 0.3) is 0 Å². The molecule has 4 nitrogen and oxygen atoms in total. The highest BCUT2D eigenvalue weighted by Crippen LogP contribution is 2.25. The fraction of sp³-hybridized carbons (Fsp3) is 1.00. The van der Waals surface area contributed by atoms with E-state index in [-0.39, 0.29) is 11.8 Å². The molecule has 1 saturated heterocycles. The Hall–Kier alpha value is -0.130. The third kappa shape index (κ3) is 2.68. The summed E-state index contributed by atoms with van der Waals surface area (Å²) in [6, 6.07) is 0.160. The Morgan fingerprint density at radius 2 is 2.07 bits per heavy atom. The van der Waals surface area contributed by atoms with Crippen LogP contribution in [0.2, 0.25) is 0 Å². The average molecular weight is 220 g/mol. The molecular weight excluding hydrogens is 200 g/mol. The maximum atomic E-state index is 11.8. The molecule has 0 amide bonds. The highest BCUT2D eigenvalue weighted by molar-refractivity contribution is 7.89. The van der Waals surface area contributed by atoms with Gasteiger partial charge in [-0.2, -0.15) is 4.31 Å². The summed E-state index contributed by atoms with van der Waals surface area (Å²) >= 11 is 0. The van der Waals surface area contributed by atoms with E-state index < -0.39 is 10.0 Å². The first-order chi connectivity index (χ1) is 6.47. The average Bonchev–Trinajstić information content (AvgIpc) is 2.42. The summed E-state index contributed by atoms with van der Waals surface area (Å²) in [5, 5.41) is 0. The van der Waals surface area contributed by atoms with Crippen molar-refractivity contribution in [3.05, 3.63) is 0 Å². The second-order valence-electron chi connectivity index (χ2n) is 4.22. The zero-order valence-corrected chi connectivity index (χ0v) is 9.76. The number of hydrogen-bond donors (Lipinski definition) is 1. The fourth-order valence-corrected chi connectivity index (χ4v) is 3.91. The van der Waals surface area contributed by atoms with E-state index in [0.29, 0.717) is 25.4 Å². The van der Waals surface area contributed by atoms with E-state index in [0.717, 1.165) is 6.42 Å². The van der Waals surface area contributed by atoms with Crippen LogP contribution in [0.25, 0.3) is 0 Å². The molecule has 84 valence electrons. The number of rotatable bonds is 4. The van der Waals surface area contributed by atoms with Crippen molar-refractivity contribution in [2.75, 3.05) is 18.8 Å². The highest BCUT2D eigenvalue weighted by atomic mass is 32.2. The van der Waals surface area contributed by atoms with Crippen molar-refractivity contribution in [3.8, 4) is 0 Å². The van der Waals surface area contributed by atoms with Crippen molar-refractivity contribution in [1.29, 1.82) is 0 Å². The van der Waals surface area contributed by atoms with E-state index in [1.807, 2.05) is 6.92 Å². The first-order valence-electron chi connectivity index (χ1n) is 5.17. The molecule has 0 bridgehead atoms. The molecule has 0 aromatic rings.